The molecule has 1 heterocycles. The van der Waals surface area contributed by atoms with Crippen molar-refractivity contribution in [3.63, 3.8) is 0 Å². The van der Waals surface area contributed by atoms with Gasteiger partial charge >= 0.3 is 0 Å². The van der Waals surface area contributed by atoms with Gasteiger partial charge in [-0.15, -0.1) is 0 Å². The van der Waals surface area contributed by atoms with Gasteiger partial charge in [-0.05, 0) is 24.3 Å². The van der Waals surface area contributed by atoms with E-state index < -0.39 is 0 Å². The van der Waals surface area contributed by atoms with Gasteiger partial charge < -0.3 is 4.98 Å². The van der Waals surface area contributed by atoms with Crippen molar-refractivity contribution in [3.8, 4) is 0 Å². The fraction of sp³-hybridized carbons (Fsp3) is 0. The minimum absolute atomic E-state index is 0.243. The molecule has 0 unspecified atom stereocenters. The number of aromatic nitrogens is 2. The van der Waals surface area contributed by atoms with Gasteiger partial charge in [0, 0.05) is 22.3 Å². The Bertz CT molecular complexity index is 602. The van der Waals surface area contributed by atoms with Crippen molar-refractivity contribution in [1.29, 1.82) is 0 Å². The lowest BCUT2D eigenvalue weighted by molar-refractivity contribution is 0.624. The van der Waals surface area contributed by atoms with Crippen LogP contribution in [-0.4, -0.2) is 9.97 Å². The molecule has 0 bridgehead atoms. The predicted octanol–water partition coefficient (Wildman–Crippen LogP) is 2.84. The second-order valence-electron chi connectivity index (χ2n) is 3.29. The zero-order valence-electron chi connectivity index (χ0n) is 8.65. The SMILES string of the molecule is O=c1ccnc(/C=C/c2c(F)cccc2Br)[nH]1. The number of aromatic amines is 1. The molecule has 2 rings (SSSR count). The highest BCUT2D eigenvalue weighted by Crippen LogP contribution is 2.21. The first-order valence-corrected chi connectivity index (χ1v) is 5.63. The zero-order valence-corrected chi connectivity index (χ0v) is 10.2. The molecule has 0 radical (unpaired) electrons. The van der Waals surface area contributed by atoms with Gasteiger partial charge in [-0.25, -0.2) is 9.37 Å². The summed E-state index contributed by atoms with van der Waals surface area (Å²) >= 11 is 3.25. The molecular formula is C12H8BrFN2O. The maximum absolute atomic E-state index is 13.5. The molecule has 5 heteroatoms. The number of nitrogens with zero attached hydrogens (tertiary/aromatic N) is 1. The highest BCUT2D eigenvalue weighted by atomic mass is 79.9. The first-order valence-electron chi connectivity index (χ1n) is 4.84. The Morgan fingerprint density at radius 3 is 2.82 bits per heavy atom. The normalized spacial score (nSPS) is 10.9. The van der Waals surface area contributed by atoms with Crippen molar-refractivity contribution in [2.45, 2.75) is 0 Å². The van der Waals surface area contributed by atoms with E-state index >= 15 is 0 Å². The van der Waals surface area contributed by atoms with Crippen molar-refractivity contribution in [2.75, 3.05) is 0 Å². The van der Waals surface area contributed by atoms with Crippen molar-refractivity contribution in [2.24, 2.45) is 0 Å². The monoisotopic (exact) mass is 294 g/mol. The molecule has 0 aliphatic rings. The number of halogens is 2. The quantitative estimate of drug-likeness (QED) is 0.926. The van der Waals surface area contributed by atoms with Crippen molar-refractivity contribution in [1.82, 2.24) is 9.97 Å². The van der Waals surface area contributed by atoms with Crippen LogP contribution in [0.5, 0.6) is 0 Å². The van der Waals surface area contributed by atoms with E-state index in [1.165, 1.54) is 18.3 Å². The van der Waals surface area contributed by atoms with Gasteiger partial charge in [-0.2, -0.15) is 0 Å². The lowest BCUT2D eigenvalue weighted by atomic mass is 10.2. The average Bonchev–Trinajstić information content (AvgIpc) is 2.28. The Hall–Kier alpha value is -1.75. The van der Waals surface area contributed by atoms with Gasteiger partial charge in [0.15, 0.2) is 0 Å². The van der Waals surface area contributed by atoms with Crippen LogP contribution in [0.4, 0.5) is 4.39 Å². The standard InChI is InChI=1S/C12H8BrFN2O/c13-9-2-1-3-10(14)8(9)4-5-11-15-7-6-12(17)16-11/h1-7H,(H,15,16,17)/b5-4+. The summed E-state index contributed by atoms with van der Waals surface area (Å²) in [6.07, 6.45) is 4.50. The van der Waals surface area contributed by atoms with Crippen LogP contribution in [-0.2, 0) is 0 Å². The summed E-state index contributed by atoms with van der Waals surface area (Å²) < 4.78 is 14.1. The number of hydrogen-bond acceptors (Lipinski definition) is 2. The van der Waals surface area contributed by atoms with Gasteiger partial charge in [0.1, 0.15) is 11.6 Å². The minimum Gasteiger partial charge on any atom is -0.307 e. The Morgan fingerprint density at radius 1 is 1.29 bits per heavy atom. The van der Waals surface area contributed by atoms with E-state index in [-0.39, 0.29) is 11.4 Å². The zero-order chi connectivity index (χ0) is 12.3. The summed E-state index contributed by atoms with van der Waals surface area (Å²) in [6, 6.07) is 6.03. The Labute approximate surface area is 105 Å². The third kappa shape index (κ3) is 2.88. The van der Waals surface area contributed by atoms with Gasteiger partial charge in [-0.1, -0.05) is 22.0 Å². The van der Waals surface area contributed by atoms with Gasteiger partial charge in [0.2, 0.25) is 0 Å². The average molecular weight is 295 g/mol. The fourth-order valence-corrected chi connectivity index (χ4v) is 1.78. The molecule has 0 saturated heterocycles. The summed E-state index contributed by atoms with van der Waals surface area (Å²) in [5.74, 6) is 0.0431. The van der Waals surface area contributed by atoms with Crippen LogP contribution in [0.15, 0.2) is 39.7 Å². The van der Waals surface area contributed by atoms with Crippen LogP contribution >= 0.6 is 15.9 Å². The van der Waals surface area contributed by atoms with Crippen LogP contribution in [0.2, 0.25) is 0 Å². The molecule has 0 aliphatic heterocycles. The maximum atomic E-state index is 13.5. The summed E-state index contributed by atoms with van der Waals surface area (Å²) in [5.41, 5.74) is 0.172. The molecule has 3 nitrogen and oxygen atoms in total. The van der Waals surface area contributed by atoms with Gasteiger partial charge in [-0.3, -0.25) is 4.79 Å². The first kappa shape index (κ1) is 11.7. The number of hydrogen-bond donors (Lipinski definition) is 1. The molecule has 86 valence electrons. The van der Waals surface area contributed by atoms with E-state index in [1.54, 1.807) is 24.3 Å². The fourth-order valence-electron chi connectivity index (χ4n) is 1.30. The Balaban J connectivity index is 2.35. The van der Waals surface area contributed by atoms with E-state index in [0.29, 0.717) is 15.9 Å². The molecule has 0 aliphatic carbocycles. The van der Waals surface area contributed by atoms with Crippen molar-refractivity contribution >= 4 is 28.1 Å². The number of rotatable bonds is 2. The van der Waals surface area contributed by atoms with Crippen LogP contribution in [0.25, 0.3) is 12.2 Å². The molecule has 17 heavy (non-hydrogen) atoms. The molecule has 2 aromatic rings. The van der Waals surface area contributed by atoms with Crippen LogP contribution in [0, 0.1) is 5.82 Å². The predicted molar refractivity (Wildman–Crippen MR) is 67.9 cm³/mol. The molecule has 0 spiro atoms. The van der Waals surface area contributed by atoms with Gasteiger partial charge in [0.25, 0.3) is 5.56 Å². The first-order chi connectivity index (χ1) is 8.16. The van der Waals surface area contributed by atoms with E-state index in [9.17, 15) is 9.18 Å². The third-order valence-electron chi connectivity index (χ3n) is 2.10. The molecule has 0 atom stereocenters. The molecular weight excluding hydrogens is 287 g/mol. The highest BCUT2D eigenvalue weighted by molar-refractivity contribution is 9.10. The number of benzene rings is 1. The number of nitrogens with one attached hydrogen (secondary N) is 1. The minimum atomic E-state index is -0.339. The van der Waals surface area contributed by atoms with Crippen LogP contribution in [0.1, 0.15) is 11.4 Å². The smallest absolute Gasteiger partial charge is 0.251 e. The van der Waals surface area contributed by atoms with E-state index in [2.05, 4.69) is 25.9 Å². The van der Waals surface area contributed by atoms with Gasteiger partial charge in [0.05, 0.1) is 0 Å². The summed E-state index contributed by atoms with van der Waals surface area (Å²) in [6.45, 7) is 0. The molecule has 1 aromatic heterocycles. The number of H-pyrrole nitrogens is 1. The van der Waals surface area contributed by atoms with Crippen LogP contribution < -0.4 is 5.56 Å². The second kappa shape index (κ2) is 5.05. The second-order valence-corrected chi connectivity index (χ2v) is 4.14. The topological polar surface area (TPSA) is 45.8 Å². The largest absolute Gasteiger partial charge is 0.307 e. The molecule has 0 fully saturated rings. The lowest BCUT2D eigenvalue weighted by Crippen LogP contribution is -2.05. The third-order valence-corrected chi connectivity index (χ3v) is 2.79. The van der Waals surface area contributed by atoms with Crippen molar-refractivity contribution in [3.05, 3.63) is 62.5 Å². The molecule has 1 aromatic carbocycles. The molecule has 0 amide bonds. The lowest BCUT2D eigenvalue weighted by Gasteiger charge is -1.99. The summed E-state index contributed by atoms with van der Waals surface area (Å²) in [5, 5.41) is 0. The molecule has 0 saturated carbocycles. The van der Waals surface area contributed by atoms with E-state index in [4.69, 9.17) is 0 Å². The van der Waals surface area contributed by atoms with Crippen molar-refractivity contribution < 1.29 is 4.39 Å². The Kier molecular flexibility index (Phi) is 3.49. The van der Waals surface area contributed by atoms with E-state index in [0.717, 1.165) is 0 Å². The summed E-state index contributed by atoms with van der Waals surface area (Å²) in [4.78, 5) is 17.5. The maximum Gasteiger partial charge on any atom is 0.251 e. The van der Waals surface area contributed by atoms with E-state index in [1.807, 2.05) is 0 Å². The van der Waals surface area contributed by atoms with Crippen LogP contribution in [0.3, 0.4) is 0 Å². The summed E-state index contributed by atoms with van der Waals surface area (Å²) in [7, 11) is 0. The molecule has 1 N–H and O–H groups in total. The highest BCUT2D eigenvalue weighted by Gasteiger charge is 2.02. The Morgan fingerprint density at radius 2 is 2.12 bits per heavy atom.